The van der Waals surface area contributed by atoms with Crippen molar-refractivity contribution >= 4 is 33.4 Å². The maximum Gasteiger partial charge on any atom is 0.133 e. The van der Waals surface area contributed by atoms with E-state index in [9.17, 15) is 8.78 Å². The Bertz CT molecular complexity index is 799. The molecular weight excluding hydrogens is 306 g/mol. The number of halogens is 3. The fourth-order valence-corrected chi connectivity index (χ4v) is 3.62. The summed E-state index contributed by atoms with van der Waals surface area (Å²) in [6.45, 7) is 1.13. The zero-order valence-corrected chi connectivity index (χ0v) is 12.6. The van der Waals surface area contributed by atoms with Crippen molar-refractivity contribution in [3.63, 3.8) is 0 Å². The maximum absolute atomic E-state index is 14.4. The van der Waals surface area contributed by atoms with Crippen LogP contribution in [-0.4, -0.2) is 23.8 Å². The first-order valence-electron chi connectivity index (χ1n) is 7.38. The predicted octanol–water partition coefficient (Wildman–Crippen LogP) is 4.46. The zero-order valence-electron chi connectivity index (χ0n) is 11.8. The summed E-state index contributed by atoms with van der Waals surface area (Å²) in [5, 5.41) is 5.32. The maximum atomic E-state index is 14.4. The van der Waals surface area contributed by atoms with Gasteiger partial charge >= 0.3 is 0 Å². The van der Waals surface area contributed by atoms with E-state index in [0.717, 1.165) is 28.4 Å². The Labute approximate surface area is 131 Å². The Hall–Kier alpha value is -1.65. The molecule has 1 aliphatic heterocycles. The van der Waals surface area contributed by atoms with Gasteiger partial charge in [-0.3, -0.25) is 0 Å². The number of nitrogens with one attached hydrogen (secondary N) is 1. The lowest BCUT2D eigenvalue weighted by Crippen LogP contribution is -2.39. The lowest BCUT2D eigenvalue weighted by Gasteiger charge is -2.29. The van der Waals surface area contributed by atoms with Crippen LogP contribution in [0.5, 0.6) is 0 Å². The summed E-state index contributed by atoms with van der Waals surface area (Å²) in [7, 11) is 0. The summed E-state index contributed by atoms with van der Waals surface area (Å²) in [6.07, 6.45) is -0.256. The average Bonchev–Trinajstić information content (AvgIpc) is 2.81. The minimum Gasteiger partial charge on any atom is -0.334 e. The third kappa shape index (κ3) is 2.09. The Morgan fingerprint density at radius 2 is 1.82 bits per heavy atom. The molecule has 3 aromatic rings. The van der Waals surface area contributed by atoms with Crippen LogP contribution in [0.15, 0.2) is 36.4 Å². The second-order valence-electron chi connectivity index (χ2n) is 5.77. The molecule has 1 aliphatic rings. The molecule has 2 aromatic carbocycles. The highest BCUT2D eigenvalue weighted by molar-refractivity contribution is 6.31. The smallest absolute Gasteiger partial charge is 0.133 e. The molecule has 5 heteroatoms. The summed E-state index contributed by atoms with van der Waals surface area (Å²) >= 11 is 6.10. The van der Waals surface area contributed by atoms with Gasteiger partial charge < -0.3 is 9.88 Å². The van der Waals surface area contributed by atoms with Gasteiger partial charge in [-0.1, -0.05) is 11.6 Å². The van der Waals surface area contributed by atoms with Crippen LogP contribution in [0.2, 0.25) is 5.02 Å². The molecule has 1 N–H and O–H groups in total. The second kappa shape index (κ2) is 5.21. The van der Waals surface area contributed by atoms with Gasteiger partial charge in [0.15, 0.2) is 0 Å². The first-order valence-corrected chi connectivity index (χ1v) is 7.76. The highest BCUT2D eigenvalue weighted by atomic mass is 35.5. The van der Waals surface area contributed by atoms with Crippen molar-refractivity contribution < 1.29 is 8.78 Å². The summed E-state index contributed by atoms with van der Waals surface area (Å²) < 4.78 is 30.1. The van der Waals surface area contributed by atoms with Crippen LogP contribution in [0.4, 0.5) is 8.78 Å². The van der Waals surface area contributed by atoms with Crippen LogP contribution in [0.25, 0.3) is 21.8 Å². The second-order valence-corrected chi connectivity index (χ2v) is 6.21. The van der Waals surface area contributed by atoms with Gasteiger partial charge in [-0.2, -0.15) is 0 Å². The van der Waals surface area contributed by atoms with Crippen LogP contribution in [-0.2, 0) is 0 Å². The molecule has 0 bridgehead atoms. The van der Waals surface area contributed by atoms with Crippen LogP contribution in [0.1, 0.15) is 12.5 Å². The minimum atomic E-state index is -0.965. The van der Waals surface area contributed by atoms with Crippen molar-refractivity contribution in [3.8, 4) is 0 Å². The van der Waals surface area contributed by atoms with E-state index in [4.69, 9.17) is 11.6 Å². The minimum absolute atomic E-state index is 0.243. The third-order valence-corrected chi connectivity index (χ3v) is 4.67. The number of fused-ring (bicyclic) bond motifs is 3. The number of alkyl halides is 1. The topological polar surface area (TPSA) is 17.0 Å². The fourth-order valence-electron chi connectivity index (χ4n) is 3.45. The molecular formula is C17H15ClF2N2. The number of nitrogens with zero attached hydrogens (tertiary/aromatic N) is 1. The van der Waals surface area contributed by atoms with E-state index in [1.165, 1.54) is 12.1 Å². The molecule has 1 saturated heterocycles. The molecule has 2 nitrogen and oxygen atoms in total. The number of hydrogen-bond donors (Lipinski definition) is 1. The molecule has 0 radical (unpaired) electrons. The van der Waals surface area contributed by atoms with E-state index in [0.29, 0.717) is 18.0 Å². The SMILES string of the molecule is Fc1ccc2c(c1)c1cc(Cl)ccc1n2[C@H]1CCNC[C@@H]1F. The van der Waals surface area contributed by atoms with Crippen molar-refractivity contribution in [2.75, 3.05) is 13.1 Å². The fraction of sp³-hybridized carbons (Fsp3) is 0.294. The van der Waals surface area contributed by atoms with Gasteiger partial charge in [-0.15, -0.1) is 0 Å². The molecule has 0 saturated carbocycles. The van der Waals surface area contributed by atoms with E-state index < -0.39 is 6.17 Å². The highest BCUT2D eigenvalue weighted by Gasteiger charge is 2.28. The first-order chi connectivity index (χ1) is 10.6. The predicted molar refractivity (Wildman–Crippen MR) is 85.8 cm³/mol. The standard InChI is InChI=1S/C17H15ClF2N2/c18-10-1-3-15-12(7-10)13-8-11(19)2-4-16(13)22(15)17-5-6-21-9-14(17)20/h1-4,7-8,14,17,21H,5-6,9H2/t14-,17-/m0/s1. The van der Waals surface area contributed by atoms with Gasteiger partial charge in [0.25, 0.3) is 0 Å². The molecule has 2 atom stereocenters. The normalized spacial score (nSPS) is 22.5. The molecule has 2 heterocycles. The van der Waals surface area contributed by atoms with Crippen LogP contribution in [0, 0.1) is 5.82 Å². The van der Waals surface area contributed by atoms with Crippen LogP contribution >= 0.6 is 11.6 Å². The Morgan fingerprint density at radius 1 is 1.09 bits per heavy atom. The molecule has 0 spiro atoms. The van der Waals surface area contributed by atoms with Gasteiger partial charge in [0.1, 0.15) is 12.0 Å². The monoisotopic (exact) mass is 320 g/mol. The lowest BCUT2D eigenvalue weighted by molar-refractivity contribution is 0.190. The number of benzene rings is 2. The highest BCUT2D eigenvalue weighted by Crippen LogP contribution is 2.36. The molecule has 4 rings (SSSR count). The van der Waals surface area contributed by atoms with Gasteiger partial charge in [-0.25, -0.2) is 8.78 Å². The van der Waals surface area contributed by atoms with E-state index >= 15 is 0 Å². The summed E-state index contributed by atoms with van der Waals surface area (Å²) in [5.41, 5.74) is 1.76. The molecule has 0 unspecified atom stereocenters. The summed E-state index contributed by atoms with van der Waals surface area (Å²) in [6, 6.07) is 9.92. The van der Waals surface area contributed by atoms with E-state index in [1.54, 1.807) is 12.1 Å². The van der Waals surface area contributed by atoms with Crippen molar-refractivity contribution in [2.45, 2.75) is 18.6 Å². The lowest BCUT2D eigenvalue weighted by atomic mass is 10.0. The first kappa shape index (κ1) is 14.0. The van der Waals surface area contributed by atoms with Crippen LogP contribution < -0.4 is 5.32 Å². The number of rotatable bonds is 1. The number of piperidine rings is 1. The third-order valence-electron chi connectivity index (χ3n) is 4.43. The molecule has 114 valence electrons. The molecule has 22 heavy (non-hydrogen) atoms. The zero-order chi connectivity index (χ0) is 15.3. The van der Waals surface area contributed by atoms with Gasteiger partial charge in [0.2, 0.25) is 0 Å². The number of hydrogen-bond acceptors (Lipinski definition) is 1. The summed E-state index contributed by atoms with van der Waals surface area (Å²) in [5.74, 6) is -0.298. The molecule has 1 fully saturated rings. The van der Waals surface area contributed by atoms with Crippen LogP contribution in [0.3, 0.4) is 0 Å². The van der Waals surface area contributed by atoms with Gasteiger partial charge in [0.05, 0.1) is 6.04 Å². The van der Waals surface area contributed by atoms with E-state index in [1.807, 2.05) is 16.7 Å². The Kier molecular flexibility index (Phi) is 3.31. The average molecular weight is 321 g/mol. The van der Waals surface area contributed by atoms with Crippen molar-refractivity contribution in [3.05, 3.63) is 47.2 Å². The Morgan fingerprint density at radius 3 is 2.59 bits per heavy atom. The molecule has 0 aliphatic carbocycles. The molecule has 1 aromatic heterocycles. The summed E-state index contributed by atoms with van der Waals surface area (Å²) in [4.78, 5) is 0. The van der Waals surface area contributed by atoms with Crippen molar-refractivity contribution in [1.29, 1.82) is 0 Å². The number of aromatic nitrogens is 1. The quantitative estimate of drug-likeness (QED) is 0.700. The Balaban J connectivity index is 2.06. The molecule has 0 amide bonds. The van der Waals surface area contributed by atoms with E-state index in [-0.39, 0.29) is 11.9 Å². The van der Waals surface area contributed by atoms with E-state index in [2.05, 4.69) is 5.32 Å². The van der Waals surface area contributed by atoms with Gasteiger partial charge in [0, 0.05) is 33.4 Å². The largest absolute Gasteiger partial charge is 0.334 e. The van der Waals surface area contributed by atoms with Gasteiger partial charge in [-0.05, 0) is 49.4 Å². The van der Waals surface area contributed by atoms with Crippen molar-refractivity contribution in [1.82, 2.24) is 9.88 Å². The van der Waals surface area contributed by atoms with Crippen molar-refractivity contribution in [2.24, 2.45) is 0 Å².